The Morgan fingerprint density at radius 2 is 1.94 bits per heavy atom. The molecule has 8 heteroatoms. The standard InChI is InChI=1S/C23H31N7.HI/c1-17-6-5-13-30-16-20(27-22(17)30)9-12-25-23(24-3)28-19-10-14-29(15-11-19)21-8-4-7-18(2)26-21;/h4-8,13,16,19H,9-12,14-15H2,1-3H3,(H2,24,25,28);1H. The molecule has 0 unspecified atom stereocenters. The molecule has 4 heterocycles. The van der Waals surface area contributed by atoms with Crippen LogP contribution in [0.5, 0.6) is 0 Å². The van der Waals surface area contributed by atoms with Crippen LogP contribution in [-0.2, 0) is 6.42 Å². The number of guanidine groups is 1. The van der Waals surface area contributed by atoms with E-state index in [0.29, 0.717) is 6.04 Å². The minimum atomic E-state index is 0. The molecule has 0 aliphatic carbocycles. The number of nitrogens with one attached hydrogen (secondary N) is 2. The first-order valence-corrected chi connectivity index (χ1v) is 10.7. The highest BCUT2D eigenvalue weighted by molar-refractivity contribution is 14.0. The highest BCUT2D eigenvalue weighted by Crippen LogP contribution is 2.18. The normalized spacial score (nSPS) is 15.1. The minimum Gasteiger partial charge on any atom is -0.356 e. The van der Waals surface area contributed by atoms with Crippen molar-refractivity contribution in [2.45, 2.75) is 39.2 Å². The van der Waals surface area contributed by atoms with Crippen molar-refractivity contribution < 1.29 is 0 Å². The first-order chi connectivity index (χ1) is 14.6. The number of aromatic nitrogens is 3. The summed E-state index contributed by atoms with van der Waals surface area (Å²) in [5.74, 6) is 1.95. The highest BCUT2D eigenvalue weighted by atomic mass is 127. The quantitative estimate of drug-likeness (QED) is 0.299. The molecule has 1 aliphatic rings. The molecule has 1 saturated heterocycles. The zero-order valence-corrected chi connectivity index (χ0v) is 20.8. The van der Waals surface area contributed by atoms with E-state index in [9.17, 15) is 0 Å². The molecular weight excluding hydrogens is 501 g/mol. The van der Waals surface area contributed by atoms with Gasteiger partial charge >= 0.3 is 0 Å². The SMILES string of the molecule is CN=C(NCCc1cn2cccc(C)c2n1)NC1CCN(c2cccc(C)n2)CC1.I. The van der Waals surface area contributed by atoms with Crippen molar-refractivity contribution in [2.75, 3.05) is 31.6 Å². The predicted octanol–water partition coefficient (Wildman–Crippen LogP) is 3.34. The maximum Gasteiger partial charge on any atom is 0.191 e. The second kappa shape index (κ2) is 10.8. The zero-order valence-electron chi connectivity index (χ0n) is 18.5. The summed E-state index contributed by atoms with van der Waals surface area (Å²) in [4.78, 5) is 16.2. The Kier molecular flexibility index (Phi) is 8.11. The summed E-state index contributed by atoms with van der Waals surface area (Å²) in [6.45, 7) is 6.95. The number of aliphatic imine (C=N–C) groups is 1. The Morgan fingerprint density at radius 3 is 2.65 bits per heavy atom. The summed E-state index contributed by atoms with van der Waals surface area (Å²) in [6.07, 6.45) is 7.16. The van der Waals surface area contributed by atoms with Crippen LogP contribution in [0.1, 0.15) is 29.8 Å². The van der Waals surface area contributed by atoms with Crippen molar-refractivity contribution in [2.24, 2.45) is 4.99 Å². The fourth-order valence-electron chi connectivity index (χ4n) is 3.98. The molecule has 1 aliphatic heterocycles. The lowest BCUT2D eigenvalue weighted by Gasteiger charge is -2.34. The second-order valence-corrected chi connectivity index (χ2v) is 7.95. The molecule has 3 aromatic rings. The molecule has 0 radical (unpaired) electrons. The van der Waals surface area contributed by atoms with E-state index in [-0.39, 0.29) is 24.0 Å². The maximum absolute atomic E-state index is 4.75. The minimum absolute atomic E-state index is 0. The number of hydrogen-bond acceptors (Lipinski definition) is 4. The summed E-state index contributed by atoms with van der Waals surface area (Å²) in [5, 5.41) is 7.02. The predicted molar refractivity (Wildman–Crippen MR) is 138 cm³/mol. The summed E-state index contributed by atoms with van der Waals surface area (Å²) < 4.78 is 2.09. The number of piperidine rings is 1. The van der Waals surface area contributed by atoms with Crippen LogP contribution in [0.25, 0.3) is 5.65 Å². The van der Waals surface area contributed by atoms with Crippen LogP contribution in [0.4, 0.5) is 5.82 Å². The highest BCUT2D eigenvalue weighted by Gasteiger charge is 2.21. The van der Waals surface area contributed by atoms with E-state index < -0.39 is 0 Å². The molecule has 7 nitrogen and oxygen atoms in total. The largest absolute Gasteiger partial charge is 0.356 e. The van der Waals surface area contributed by atoms with Gasteiger partial charge in [-0.05, 0) is 50.5 Å². The van der Waals surface area contributed by atoms with Crippen LogP contribution in [0.2, 0.25) is 0 Å². The van der Waals surface area contributed by atoms with Gasteiger partial charge in [-0.1, -0.05) is 12.1 Å². The zero-order chi connectivity index (χ0) is 20.9. The maximum atomic E-state index is 4.75. The monoisotopic (exact) mass is 533 g/mol. The fourth-order valence-corrected chi connectivity index (χ4v) is 3.98. The Labute approximate surface area is 201 Å². The fraction of sp³-hybridized carbons (Fsp3) is 0.435. The van der Waals surface area contributed by atoms with Crippen molar-refractivity contribution in [3.63, 3.8) is 0 Å². The number of anilines is 1. The first kappa shape index (κ1) is 23.3. The summed E-state index contributed by atoms with van der Waals surface area (Å²) in [6, 6.07) is 10.8. The number of nitrogens with zero attached hydrogens (tertiary/aromatic N) is 5. The number of pyridine rings is 2. The molecule has 31 heavy (non-hydrogen) atoms. The van der Waals surface area contributed by atoms with E-state index in [0.717, 1.165) is 67.7 Å². The first-order valence-electron chi connectivity index (χ1n) is 10.7. The van der Waals surface area contributed by atoms with Gasteiger partial charge < -0.3 is 19.9 Å². The average molecular weight is 533 g/mol. The van der Waals surface area contributed by atoms with Gasteiger partial charge in [0.25, 0.3) is 0 Å². The van der Waals surface area contributed by atoms with Gasteiger partial charge in [0.05, 0.1) is 5.69 Å². The third kappa shape index (κ3) is 5.87. The van der Waals surface area contributed by atoms with Crippen LogP contribution in [-0.4, -0.2) is 53.1 Å². The van der Waals surface area contributed by atoms with Crippen LogP contribution >= 0.6 is 24.0 Å². The molecule has 0 atom stereocenters. The molecule has 0 aromatic carbocycles. The van der Waals surface area contributed by atoms with Crippen LogP contribution in [0, 0.1) is 13.8 Å². The van der Waals surface area contributed by atoms with Gasteiger partial charge in [-0.3, -0.25) is 4.99 Å². The van der Waals surface area contributed by atoms with Crippen molar-refractivity contribution >= 4 is 41.4 Å². The van der Waals surface area contributed by atoms with Crippen molar-refractivity contribution in [1.82, 2.24) is 25.0 Å². The van der Waals surface area contributed by atoms with E-state index in [4.69, 9.17) is 4.98 Å². The van der Waals surface area contributed by atoms with Gasteiger partial charge in [0.15, 0.2) is 5.96 Å². The summed E-state index contributed by atoms with van der Waals surface area (Å²) in [5.41, 5.74) is 4.38. The van der Waals surface area contributed by atoms with Crippen LogP contribution < -0.4 is 15.5 Å². The Bertz CT molecular complexity index is 1020. The van der Waals surface area contributed by atoms with E-state index in [1.165, 1.54) is 5.56 Å². The smallest absolute Gasteiger partial charge is 0.191 e. The molecule has 166 valence electrons. The van der Waals surface area contributed by atoms with E-state index in [2.05, 4.69) is 67.3 Å². The molecule has 4 rings (SSSR count). The number of hydrogen-bond donors (Lipinski definition) is 2. The van der Waals surface area contributed by atoms with Gasteiger partial charge in [0.2, 0.25) is 0 Å². The third-order valence-electron chi connectivity index (χ3n) is 5.66. The summed E-state index contributed by atoms with van der Waals surface area (Å²) in [7, 11) is 1.83. The molecule has 0 spiro atoms. The lowest BCUT2D eigenvalue weighted by Crippen LogP contribution is -2.49. The van der Waals surface area contributed by atoms with E-state index >= 15 is 0 Å². The second-order valence-electron chi connectivity index (χ2n) is 7.95. The topological polar surface area (TPSA) is 69.8 Å². The van der Waals surface area contributed by atoms with Gasteiger partial charge in [-0.2, -0.15) is 0 Å². The molecule has 0 saturated carbocycles. The number of aryl methyl sites for hydroxylation is 2. The number of imidazole rings is 1. The number of rotatable bonds is 5. The molecular formula is C23H32IN7. The van der Waals surface area contributed by atoms with Crippen molar-refractivity contribution in [1.29, 1.82) is 0 Å². The van der Waals surface area contributed by atoms with Crippen LogP contribution in [0.15, 0.2) is 47.7 Å². The van der Waals surface area contributed by atoms with Gasteiger partial charge in [-0.15, -0.1) is 24.0 Å². The molecule has 3 aromatic heterocycles. The van der Waals surface area contributed by atoms with E-state index in [1.54, 1.807) is 0 Å². The number of fused-ring (bicyclic) bond motifs is 1. The van der Waals surface area contributed by atoms with Gasteiger partial charge in [0.1, 0.15) is 11.5 Å². The van der Waals surface area contributed by atoms with Crippen LogP contribution in [0.3, 0.4) is 0 Å². The van der Waals surface area contributed by atoms with Crippen molar-refractivity contribution in [3.8, 4) is 0 Å². The van der Waals surface area contributed by atoms with Gasteiger partial charge in [0, 0.05) is 57.2 Å². The molecule has 2 N–H and O–H groups in total. The summed E-state index contributed by atoms with van der Waals surface area (Å²) >= 11 is 0. The average Bonchev–Trinajstić information content (AvgIpc) is 3.18. The lowest BCUT2D eigenvalue weighted by atomic mass is 10.1. The molecule has 0 amide bonds. The van der Waals surface area contributed by atoms with Gasteiger partial charge in [-0.25, -0.2) is 9.97 Å². The lowest BCUT2D eigenvalue weighted by molar-refractivity contribution is 0.459. The Hall–Kier alpha value is -2.36. The third-order valence-corrected chi connectivity index (χ3v) is 5.66. The Morgan fingerprint density at radius 1 is 1.13 bits per heavy atom. The number of halogens is 1. The molecule has 1 fully saturated rings. The molecule has 0 bridgehead atoms. The van der Waals surface area contributed by atoms with Crippen molar-refractivity contribution in [3.05, 3.63) is 59.7 Å². The Balaban J connectivity index is 0.00000272. The van der Waals surface area contributed by atoms with E-state index in [1.807, 2.05) is 26.2 Å².